The molecule has 0 heterocycles. The quantitative estimate of drug-likeness (QED) is 0.456. The van der Waals surface area contributed by atoms with E-state index in [9.17, 15) is 22.0 Å². The molecule has 1 radical (unpaired) electrons. The zero-order valence-corrected chi connectivity index (χ0v) is 4.51. The van der Waals surface area contributed by atoms with Gasteiger partial charge in [-0.15, -0.1) is 0 Å². The van der Waals surface area contributed by atoms with E-state index in [0.717, 1.165) is 0 Å². The van der Waals surface area contributed by atoms with Crippen molar-refractivity contribution in [2.45, 2.75) is 0 Å². The maximum absolute atomic E-state index is 11.4. The van der Waals surface area contributed by atoms with E-state index in [-0.39, 0.29) is 0 Å². The Labute approximate surface area is 53.1 Å². The van der Waals surface area contributed by atoms with E-state index in [4.69, 9.17) is 0 Å². The highest BCUT2D eigenvalue weighted by atomic mass is 19.3. The van der Waals surface area contributed by atoms with Crippen LogP contribution in [0.15, 0.2) is 12.1 Å². The van der Waals surface area contributed by atoms with Crippen LogP contribution in [-0.2, 0) is 4.74 Å². The molecule has 0 aromatic carbocycles. The Morgan fingerprint density at radius 3 is 1.80 bits per heavy atom. The van der Waals surface area contributed by atoms with Crippen LogP contribution in [0.3, 0.4) is 0 Å². The molecule has 0 aromatic heterocycles. The van der Waals surface area contributed by atoms with E-state index >= 15 is 0 Å². The van der Waals surface area contributed by atoms with Crippen molar-refractivity contribution in [1.29, 1.82) is 0 Å². The fourth-order valence-corrected chi connectivity index (χ4v) is 0.172. The first-order valence-electron chi connectivity index (χ1n) is 2.04. The molecule has 0 N–H and O–H groups in total. The van der Waals surface area contributed by atoms with Crippen molar-refractivity contribution >= 4 is 0 Å². The Morgan fingerprint density at radius 2 is 1.50 bits per heavy atom. The summed E-state index contributed by atoms with van der Waals surface area (Å²) in [6.45, 7) is -1.44. The van der Waals surface area contributed by atoms with E-state index in [0.29, 0.717) is 0 Å². The van der Waals surface area contributed by atoms with Crippen LogP contribution in [0.2, 0.25) is 0 Å². The Kier molecular flexibility index (Phi) is 3.75. The number of hydrogen-bond acceptors (Lipinski definition) is 1. The lowest BCUT2D eigenvalue weighted by molar-refractivity contribution is 0.0783. The molecule has 0 rings (SSSR count). The lowest BCUT2D eigenvalue weighted by Crippen LogP contribution is -1.95. The van der Waals surface area contributed by atoms with Gasteiger partial charge in [-0.2, -0.15) is 22.0 Å². The first kappa shape index (κ1) is 9.19. The Morgan fingerprint density at radius 1 is 1.00 bits per heavy atom. The van der Waals surface area contributed by atoms with E-state index in [1.54, 1.807) is 0 Å². The molecule has 59 valence electrons. The van der Waals surface area contributed by atoms with Crippen LogP contribution in [0.25, 0.3) is 0 Å². The van der Waals surface area contributed by atoms with Crippen LogP contribution < -0.4 is 0 Å². The van der Waals surface area contributed by atoms with Gasteiger partial charge in [0.1, 0.15) is 0 Å². The number of rotatable bonds is 3. The average molecular weight is 161 g/mol. The van der Waals surface area contributed by atoms with Crippen LogP contribution in [0.5, 0.6) is 0 Å². The molecule has 10 heavy (non-hydrogen) atoms. The maximum atomic E-state index is 11.4. The topological polar surface area (TPSA) is 9.23 Å². The summed E-state index contributed by atoms with van der Waals surface area (Å²) in [7, 11) is 0. The molecule has 0 saturated carbocycles. The normalized spacial score (nSPS) is 9.80. The number of halogens is 5. The first-order valence-corrected chi connectivity index (χ1v) is 2.04. The summed E-state index contributed by atoms with van der Waals surface area (Å²) in [5.41, 5.74) is 0. The van der Waals surface area contributed by atoms with Gasteiger partial charge in [-0.25, -0.2) is 0 Å². The minimum absolute atomic E-state index is 1.44. The van der Waals surface area contributed by atoms with Gasteiger partial charge >= 0.3 is 18.5 Å². The van der Waals surface area contributed by atoms with Crippen LogP contribution in [0.1, 0.15) is 0 Å². The fraction of sp³-hybridized carbons (Fsp3) is 0.250. The number of ether oxygens (including phenoxy) is 1. The van der Waals surface area contributed by atoms with Gasteiger partial charge in [0.25, 0.3) is 0 Å². The third-order valence-corrected chi connectivity index (χ3v) is 0.457. The monoisotopic (exact) mass is 161 g/mol. The molecule has 0 aliphatic rings. The minimum Gasteiger partial charge on any atom is -0.460 e. The molecule has 0 saturated heterocycles. The summed E-state index contributed by atoms with van der Waals surface area (Å²) < 4.78 is 58.7. The van der Waals surface area contributed by atoms with E-state index in [1.165, 1.54) is 0 Å². The van der Waals surface area contributed by atoms with Gasteiger partial charge in [0.2, 0.25) is 0 Å². The molecule has 0 fully saturated rings. The van der Waals surface area contributed by atoms with E-state index < -0.39 is 25.1 Å². The minimum atomic E-state index is -2.75. The third kappa shape index (κ3) is 4.11. The van der Waals surface area contributed by atoms with Gasteiger partial charge in [0, 0.05) is 0 Å². The SMILES string of the molecule is F[C](F)COC(F)=C(F)F. The van der Waals surface area contributed by atoms with Gasteiger partial charge in [-0.05, 0) is 0 Å². The van der Waals surface area contributed by atoms with Crippen molar-refractivity contribution in [2.24, 2.45) is 0 Å². The second-order valence-corrected chi connectivity index (χ2v) is 1.16. The summed E-state index contributed by atoms with van der Waals surface area (Å²) >= 11 is 0. The van der Waals surface area contributed by atoms with Crippen LogP contribution in [0, 0.1) is 6.43 Å². The molecule has 0 amide bonds. The largest absolute Gasteiger partial charge is 0.460 e. The third-order valence-electron chi connectivity index (χ3n) is 0.457. The van der Waals surface area contributed by atoms with Gasteiger partial charge < -0.3 is 4.74 Å². The van der Waals surface area contributed by atoms with Gasteiger partial charge in [-0.1, -0.05) is 0 Å². The van der Waals surface area contributed by atoms with Crippen molar-refractivity contribution in [3.05, 3.63) is 18.5 Å². The van der Waals surface area contributed by atoms with E-state index in [2.05, 4.69) is 4.74 Å². The molecule has 1 nitrogen and oxygen atoms in total. The zero-order chi connectivity index (χ0) is 8.15. The summed E-state index contributed by atoms with van der Waals surface area (Å²) in [4.78, 5) is 0. The second-order valence-electron chi connectivity index (χ2n) is 1.16. The molecular weight excluding hydrogens is 159 g/mol. The molecule has 0 aromatic rings. The molecule has 0 unspecified atom stereocenters. The van der Waals surface area contributed by atoms with E-state index in [1.807, 2.05) is 0 Å². The Bertz CT molecular complexity index is 128. The Balaban J connectivity index is 3.60. The van der Waals surface area contributed by atoms with Crippen molar-refractivity contribution in [1.82, 2.24) is 0 Å². The first-order chi connectivity index (χ1) is 4.54. The highest BCUT2D eigenvalue weighted by molar-refractivity contribution is 4.81. The molecule has 0 spiro atoms. The Hall–Kier alpha value is -0.810. The average Bonchev–Trinajstić information content (AvgIpc) is 1.82. The fourth-order valence-electron chi connectivity index (χ4n) is 0.172. The predicted octanol–water partition coefficient (Wildman–Crippen LogP) is 2.47. The molecule has 0 bridgehead atoms. The van der Waals surface area contributed by atoms with Gasteiger partial charge in [0.05, 0.1) is 0 Å². The summed E-state index contributed by atoms with van der Waals surface area (Å²) in [5, 5.41) is 0. The lowest BCUT2D eigenvalue weighted by Gasteiger charge is -1.97. The van der Waals surface area contributed by atoms with Gasteiger partial charge in [0.15, 0.2) is 6.61 Å². The predicted molar refractivity (Wildman–Crippen MR) is 21.8 cm³/mol. The summed E-state index contributed by atoms with van der Waals surface area (Å²) in [6.07, 6.45) is -5.02. The summed E-state index contributed by atoms with van der Waals surface area (Å²) in [5.74, 6) is 0. The maximum Gasteiger partial charge on any atom is 0.346 e. The molecular formula is C4H2F5O. The van der Waals surface area contributed by atoms with Crippen molar-refractivity contribution in [3.8, 4) is 0 Å². The zero-order valence-electron chi connectivity index (χ0n) is 4.51. The highest BCUT2D eigenvalue weighted by Gasteiger charge is 2.11. The standard InChI is InChI=1S/C4H2F5O/c5-2(6)1-10-4(9)3(7)8/h1H2. The second kappa shape index (κ2) is 4.08. The van der Waals surface area contributed by atoms with Crippen molar-refractivity contribution < 1.29 is 26.7 Å². The smallest absolute Gasteiger partial charge is 0.346 e. The van der Waals surface area contributed by atoms with Crippen LogP contribution >= 0.6 is 0 Å². The summed E-state index contributed by atoms with van der Waals surface area (Å²) in [6, 6.07) is -2.27. The van der Waals surface area contributed by atoms with Crippen LogP contribution in [0.4, 0.5) is 22.0 Å². The molecule has 0 aliphatic carbocycles. The van der Waals surface area contributed by atoms with Gasteiger partial charge in [-0.3, -0.25) is 0 Å². The highest BCUT2D eigenvalue weighted by Crippen LogP contribution is 2.13. The molecule has 0 aliphatic heterocycles. The van der Waals surface area contributed by atoms with Crippen molar-refractivity contribution in [3.63, 3.8) is 0 Å². The number of hydrogen-bond donors (Lipinski definition) is 0. The molecule has 0 atom stereocenters. The lowest BCUT2D eigenvalue weighted by atomic mass is 10.8. The van der Waals surface area contributed by atoms with Crippen molar-refractivity contribution in [2.75, 3.05) is 6.61 Å². The van der Waals surface area contributed by atoms with Crippen LogP contribution in [-0.4, -0.2) is 6.61 Å². The molecule has 6 heteroatoms.